The fourth-order valence-corrected chi connectivity index (χ4v) is 4.93. The normalized spacial score (nSPS) is 11.0. The fourth-order valence-electron chi connectivity index (χ4n) is 4.27. The van der Waals surface area contributed by atoms with Gasteiger partial charge in [0.2, 0.25) is 5.88 Å². The fraction of sp³-hybridized carbons (Fsp3) is 0.0714. The van der Waals surface area contributed by atoms with E-state index in [0.29, 0.717) is 44.2 Å². The average molecular weight is 516 g/mol. The molecule has 0 aliphatic rings. The molecule has 36 heavy (non-hydrogen) atoms. The van der Waals surface area contributed by atoms with Crippen molar-refractivity contribution in [2.75, 3.05) is 7.11 Å². The molecule has 0 atom stereocenters. The largest absolute Gasteiger partial charge is 0.480 e. The molecule has 6 nitrogen and oxygen atoms in total. The first-order valence-electron chi connectivity index (χ1n) is 11.0. The highest BCUT2D eigenvalue weighted by atomic mass is 35.5. The summed E-state index contributed by atoms with van der Waals surface area (Å²) in [5, 5.41) is 0.987. The number of ether oxygens (including phenoxy) is 1. The maximum Gasteiger partial charge on any atom is 0.224 e. The first-order chi connectivity index (χ1) is 17.5. The minimum Gasteiger partial charge on any atom is -0.480 e. The molecule has 0 amide bonds. The van der Waals surface area contributed by atoms with Crippen LogP contribution in [0.3, 0.4) is 0 Å². The Hall–Kier alpha value is -4.00. The highest BCUT2D eigenvalue weighted by Crippen LogP contribution is 2.42. The minimum atomic E-state index is 0.227. The van der Waals surface area contributed by atoms with Gasteiger partial charge in [0.1, 0.15) is 0 Å². The van der Waals surface area contributed by atoms with Crippen LogP contribution in [0.2, 0.25) is 10.0 Å². The number of methoxy groups -OCH3 is 1. The van der Waals surface area contributed by atoms with E-state index in [4.69, 9.17) is 27.9 Å². The Morgan fingerprint density at radius 2 is 1.50 bits per heavy atom. The maximum absolute atomic E-state index is 11.4. The van der Waals surface area contributed by atoms with E-state index in [1.807, 2.05) is 54.1 Å². The number of carbonyl (C=O) groups is 2. The summed E-state index contributed by atoms with van der Waals surface area (Å²) in [5.41, 5.74) is 6.70. The number of rotatable bonds is 6. The predicted octanol–water partition coefficient (Wildman–Crippen LogP) is 6.91. The number of aldehydes is 2. The summed E-state index contributed by atoms with van der Waals surface area (Å²) in [6.07, 6.45) is 4.96. The summed E-state index contributed by atoms with van der Waals surface area (Å²) in [6.45, 7) is 0. The Morgan fingerprint density at radius 1 is 0.861 bits per heavy atom. The molecule has 178 valence electrons. The zero-order valence-electron chi connectivity index (χ0n) is 19.3. The molecule has 0 saturated heterocycles. The Balaban J connectivity index is 1.62. The van der Waals surface area contributed by atoms with E-state index in [-0.39, 0.29) is 5.88 Å². The zero-order valence-corrected chi connectivity index (χ0v) is 20.8. The number of halogens is 2. The van der Waals surface area contributed by atoms with E-state index in [0.717, 1.165) is 34.1 Å². The topological polar surface area (TPSA) is 74.1 Å². The second-order valence-electron chi connectivity index (χ2n) is 8.15. The lowest BCUT2D eigenvalue weighted by Gasteiger charge is -2.14. The van der Waals surface area contributed by atoms with E-state index in [1.165, 1.54) is 7.11 Å². The number of pyridine rings is 2. The molecule has 0 saturated carbocycles. The first kappa shape index (κ1) is 23.7. The number of hydrogen-bond acceptors (Lipinski definition) is 5. The second-order valence-corrected chi connectivity index (χ2v) is 8.91. The van der Waals surface area contributed by atoms with Gasteiger partial charge in [0.25, 0.3) is 0 Å². The molecule has 3 aromatic heterocycles. The van der Waals surface area contributed by atoms with Crippen LogP contribution < -0.4 is 4.74 Å². The third-order valence-electron chi connectivity index (χ3n) is 6.07. The molecular formula is C28H19Cl2N3O3. The van der Waals surface area contributed by atoms with Crippen LogP contribution in [0.4, 0.5) is 0 Å². The van der Waals surface area contributed by atoms with Gasteiger partial charge in [-0.1, -0.05) is 59.6 Å². The van der Waals surface area contributed by atoms with Gasteiger partial charge in [-0.05, 0) is 18.2 Å². The summed E-state index contributed by atoms with van der Waals surface area (Å²) in [7, 11) is 3.33. The van der Waals surface area contributed by atoms with Gasteiger partial charge in [0.05, 0.1) is 45.0 Å². The lowest BCUT2D eigenvalue weighted by Crippen LogP contribution is -1.96. The van der Waals surface area contributed by atoms with Crippen molar-refractivity contribution < 1.29 is 14.3 Å². The van der Waals surface area contributed by atoms with Gasteiger partial charge in [-0.15, -0.1) is 0 Å². The predicted molar refractivity (Wildman–Crippen MR) is 142 cm³/mol. The van der Waals surface area contributed by atoms with E-state index >= 15 is 0 Å². The molecule has 0 radical (unpaired) electrons. The van der Waals surface area contributed by atoms with Crippen LogP contribution in [-0.4, -0.2) is 34.2 Å². The molecule has 0 bridgehead atoms. The van der Waals surface area contributed by atoms with Crippen molar-refractivity contribution in [2.24, 2.45) is 7.05 Å². The molecule has 8 heteroatoms. The van der Waals surface area contributed by atoms with Crippen molar-refractivity contribution >= 4 is 46.8 Å². The van der Waals surface area contributed by atoms with Crippen LogP contribution in [0.5, 0.6) is 5.88 Å². The molecule has 0 N–H and O–H groups in total. The Kier molecular flexibility index (Phi) is 6.31. The van der Waals surface area contributed by atoms with Gasteiger partial charge < -0.3 is 9.30 Å². The van der Waals surface area contributed by atoms with Crippen molar-refractivity contribution in [3.8, 4) is 39.4 Å². The summed E-state index contributed by atoms with van der Waals surface area (Å²) >= 11 is 13.8. The van der Waals surface area contributed by atoms with Gasteiger partial charge in [-0.3, -0.25) is 14.6 Å². The number of hydrogen-bond donors (Lipinski definition) is 0. The number of benzene rings is 2. The molecule has 0 unspecified atom stereocenters. The van der Waals surface area contributed by atoms with Crippen LogP contribution in [0.1, 0.15) is 20.7 Å². The van der Waals surface area contributed by atoms with Gasteiger partial charge in [0.15, 0.2) is 12.6 Å². The van der Waals surface area contributed by atoms with Crippen molar-refractivity contribution in [3.05, 3.63) is 88.2 Å². The molecule has 2 aromatic carbocycles. The first-order valence-corrected chi connectivity index (χ1v) is 11.7. The van der Waals surface area contributed by atoms with Gasteiger partial charge in [-0.25, -0.2) is 4.98 Å². The summed E-state index contributed by atoms with van der Waals surface area (Å²) in [5.74, 6) is 0.227. The van der Waals surface area contributed by atoms with Crippen LogP contribution in [-0.2, 0) is 7.05 Å². The monoisotopic (exact) mass is 515 g/mol. The van der Waals surface area contributed by atoms with Crippen LogP contribution in [0, 0.1) is 0 Å². The number of aryl methyl sites for hydroxylation is 1. The lowest BCUT2D eigenvalue weighted by molar-refractivity contribution is 0.111. The smallest absolute Gasteiger partial charge is 0.224 e. The van der Waals surface area contributed by atoms with E-state index < -0.39 is 0 Å². The molecule has 5 aromatic rings. The van der Waals surface area contributed by atoms with Crippen molar-refractivity contribution in [1.82, 2.24) is 14.5 Å². The Bertz CT molecular complexity index is 1660. The van der Waals surface area contributed by atoms with Gasteiger partial charge in [-0.2, -0.15) is 0 Å². The van der Waals surface area contributed by atoms with Crippen molar-refractivity contribution in [2.45, 2.75) is 0 Å². The third-order valence-corrected chi connectivity index (χ3v) is 6.88. The van der Waals surface area contributed by atoms with Crippen molar-refractivity contribution in [3.63, 3.8) is 0 Å². The van der Waals surface area contributed by atoms with Crippen molar-refractivity contribution in [1.29, 1.82) is 0 Å². The molecular weight excluding hydrogens is 497 g/mol. The Labute approximate surface area is 217 Å². The summed E-state index contributed by atoms with van der Waals surface area (Å²) in [6, 6.07) is 16.7. The van der Waals surface area contributed by atoms with E-state index in [1.54, 1.807) is 24.5 Å². The minimum absolute atomic E-state index is 0.227. The van der Waals surface area contributed by atoms with E-state index in [2.05, 4.69) is 9.97 Å². The number of carbonyl (C=O) groups excluding carboxylic acids is 2. The number of fused-ring (bicyclic) bond motifs is 1. The summed E-state index contributed by atoms with van der Waals surface area (Å²) < 4.78 is 7.12. The maximum atomic E-state index is 11.4. The average Bonchev–Trinajstić information content (AvgIpc) is 3.23. The lowest BCUT2D eigenvalue weighted by atomic mass is 9.97. The van der Waals surface area contributed by atoms with Crippen LogP contribution in [0.15, 0.2) is 67.0 Å². The van der Waals surface area contributed by atoms with Gasteiger partial charge >= 0.3 is 0 Å². The van der Waals surface area contributed by atoms with Crippen LogP contribution >= 0.6 is 23.2 Å². The second kappa shape index (κ2) is 9.57. The van der Waals surface area contributed by atoms with Crippen LogP contribution in [0.25, 0.3) is 44.5 Å². The Morgan fingerprint density at radius 3 is 2.17 bits per heavy atom. The highest BCUT2D eigenvalue weighted by molar-refractivity contribution is 6.39. The highest BCUT2D eigenvalue weighted by Gasteiger charge is 2.18. The third kappa shape index (κ3) is 3.94. The summed E-state index contributed by atoms with van der Waals surface area (Å²) in [4.78, 5) is 31.6. The molecule has 0 spiro atoms. The molecule has 3 heterocycles. The molecule has 0 fully saturated rings. The molecule has 0 aliphatic heterocycles. The number of aromatic nitrogens is 3. The SMILES string of the molecule is COc1nc(-c2cccc(-c3cccc(-c4cnc5c(C=O)cn(C)c5c4)c3Cl)c2Cl)ccc1C=O. The number of nitrogens with zero attached hydrogens (tertiary/aromatic N) is 3. The quantitative estimate of drug-likeness (QED) is 0.229. The van der Waals surface area contributed by atoms with E-state index in [9.17, 15) is 9.59 Å². The van der Waals surface area contributed by atoms with Gasteiger partial charge in [0, 0.05) is 47.3 Å². The zero-order chi connectivity index (χ0) is 25.4. The molecule has 5 rings (SSSR count). The standard InChI is InChI=1S/C28H19Cl2N3O3/c1-33-13-18(15-35)27-24(33)11-17(12-31-27)19-5-3-6-20(25(19)29)21-7-4-8-22(26(21)30)23-10-9-16(14-34)28(32-23)36-2/h3-15H,1-2H3. The molecule has 0 aliphatic carbocycles.